The number of hydrogen-bond donors (Lipinski definition) is 1. The van der Waals surface area contributed by atoms with Gasteiger partial charge in [-0.15, -0.1) is 0 Å². The lowest BCUT2D eigenvalue weighted by Crippen LogP contribution is -2.41. The maximum absolute atomic E-state index is 12.3. The quantitative estimate of drug-likeness (QED) is 0.845. The van der Waals surface area contributed by atoms with Crippen LogP contribution in [0.25, 0.3) is 0 Å². The molecule has 1 N–H and O–H groups in total. The van der Waals surface area contributed by atoms with Crippen molar-refractivity contribution < 1.29 is 13.2 Å². The van der Waals surface area contributed by atoms with Crippen LogP contribution in [-0.4, -0.2) is 35.5 Å². The second-order valence-electron chi connectivity index (χ2n) is 6.11. The zero-order chi connectivity index (χ0) is 17.3. The molecule has 1 fully saturated rings. The molecule has 0 radical (unpaired) electrons. The Morgan fingerprint density at radius 3 is 2.71 bits per heavy atom. The van der Waals surface area contributed by atoms with Gasteiger partial charge in [0.15, 0.2) is 0 Å². The molecule has 3 rings (SSSR count). The molecule has 0 saturated heterocycles. The topological polar surface area (TPSA) is 84.3 Å². The van der Waals surface area contributed by atoms with Crippen LogP contribution >= 0.6 is 0 Å². The van der Waals surface area contributed by atoms with Crippen molar-refractivity contribution in [2.24, 2.45) is 13.0 Å². The van der Waals surface area contributed by atoms with E-state index < -0.39 is 16.1 Å². The summed E-state index contributed by atoms with van der Waals surface area (Å²) >= 11 is 0. The van der Waals surface area contributed by atoms with E-state index in [0.717, 1.165) is 15.4 Å². The highest BCUT2D eigenvalue weighted by molar-refractivity contribution is 7.87. The fourth-order valence-electron chi connectivity index (χ4n) is 2.69. The minimum Gasteiger partial charge on any atom is -0.276 e. The molecule has 1 aliphatic rings. The molecule has 2 aromatic rings. The fraction of sp³-hybridized carbons (Fsp3) is 0.375. The molecule has 2 unspecified atom stereocenters. The van der Waals surface area contributed by atoms with E-state index in [1.807, 2.05) is 43.6 Å². The van der Waals surface area contributed by atoms with Crippen molar-refractivity contribution in [2.45, 2.75) is 18.9 Å². The molecule has 1 saturated carbocycles. The van der Waals surface area contributed by atoms with E-state index in [2.05, 4.69) is 9.82 Å². The zero-order valence-corrected chi connectivity index (χ0v) is 14.4. The fourth-order valence-corrected chi connectivity index (χ4v) is 3.57. The van der Waals surface area contributed by atoms with Gasteiger partial charge < -0.3 is 0 Å². The van der Waals surface area contributed by atoms with Gasteiger partial charge in [-0.25, -0.2) is 4.72 Å². The van der Waals surface area contributed by atoms with Crippen LogP contribution in [0, 0.1) is 5.92 Å². The van der Waals surface area contributed by atoms with Crippen molar-refractivity contribution in [1.29, 1.82) is 0 Å². The minimum atomic E-state index is -3.85. The van der Waals surface area contributed by atoms with E-state index in [4.69, 9.17) is 0 Å². The Labute approximate surface area is 141 Å². The van der Waals surface area contributed by atoms with Crippen molar-refractivity contribution in [3.05, 3.63) is 53.9 Å². The second-order valence-corrected chi connectivity index (χ2v) is 7.89. The lowest BCUT2D eigenvalue weighted by molar-refractivity contribution is -0.120. The second kappa shape index (κ2) is 6.37. The van der Waals surface area contributed by atoms with Crippen LogP contribution in [0.4, 0.5) is 0 Å². The average molecular weight is 348 g/mol. The summed E-state index contributed by atoms with van der Waals surface area (Å²) in [7, 11) is -0.588. The van der Waals surface area contributed by atoms with Crippen LogP contribution in [0.2, 0.25) is 0 Å². The van der Waals surface area contributed by atoms with Gasteiger partial charge >= 0.3 is 10.2 Å². The zero-order valence-electron chi connectivity index (χ0n) is 13.6. The van der Waals surface area contributed by atoms with Gasteiger partial charge in [-0.05, 0) is 23.5 Å². The van der Waals surface area contributed by atoms with Gasteiger partial charge in [0, 0.05) is 32.8 Å². The van der Waals surface area contributed by atoms with E-state index in [1.54, 1.807) is 10.9 Å². The SMILES string of the molecule is CN(Cc1ccccc1)S(=O)(=O)NC(=O)C1CC1c1cnn(C)c1. The third kappa shape index (κ3) is 3.65. The van der Waals surface area contributed by atoms with E-state index in [1.165, 1.54) is 7.05 Å². The number of amides is 1. The van der Waals surface area contributed by atoms with E-state index >= 15 is 0 Å². The van der Waals surface area contributed by atoms with Gasteiger partial charge in [-0.1, -0.05) is 30.3 Å². The van der Waals surface area contributed by atoms with Crippen molar-refractivity contribution >= 4 is 16.1 Å². The number of benzene rings is 1. The van der Waals surface area contributed by atoms with Gasteiger partial charge in [0.05, 0.1) is 6.20 Å². The molecule has 128 valence electrons. The summed E-state index contributed by atoms with van der Waals surface area (Å²) in [6, 6.07) is 9.24. The standard InChI is InChI=1S/C16H20N4O3S/c1-19-11-13(9-17-19)14-8-15(14)16(21)18-24(22,23)20(2)10-12-6-4-3-5-7-12/h3-7,9,11,14-15H,8,10H2,1-2H3,(H,18,21). The van der Waals surface area contributed by atoms with Gasteiger partial charge in [0.2, 0.25) is 5.91 Å². The Morgan fingerprint density at radius 1 is 1.38 bits per heavy atom. The molecule has 1 aromatic carbocycles. The molecule has 1 amide bonds. The summed E-state index contributed by atoms with van der Waals surface area (Å²) in [6.45, 7) is 0.208. The lowest BCUT2D eigenvalue weighted by Gasteiger charge is -2.17. The predicted octanol–water partition coefficient (Wildman–Crippen LogP) is 1.02. The number of hydrogen-bond acceptors (Lipinski definition) is 4. The molecule has 0 spiro atoms. The largest absolute Gasteiger partial charge is 0.303 e. The molecule has 2 atom stereocenters. The molecule has 24 heavy (non-hydrogen) atoms. The molecule has 7 nitrogen and oxygen atoms in total. The van der Waals surface area contributed by atoms with Crippen LogP contribution in [0.15, 0.2) is 42.7 Å². The average Bonchev–Trinajstić information content (AvgIpc) is 3.23. The normalized spacial score (nSPS) is 20.1. The summed E-state index contributed by atoms with van der Waals surface area (Å²) in [5, 5.41) is 4.08. The number of nitrogens with one attached hydrogen (secondary N) is 1. The first kappa shape index (κ1) is 16.7. The molecular formula is C16H20N4O3S. The van der Waals surface area contributed by atoms with Gasteiger partial charge in [-0.2, -0.15) is 17.8 Å². The summed E-state index contributed by atoms with van der Waals surface area (Å²) in [5.41, 5.74) is 1.82. The van der Waals surface area contributed by atoms with Crippen molar-refractivity contribution in [3.8, 4) is 0 Å². The number of aryl methyl sites for hydroxylation is 1. The van der Waals surface area contributed by atoms with Gasteiger partial charge in [-0.3, -0.25) is 9.48 Å². The van der Waals surface area contributed by atoms with Crippen molar-refractivity contribution in [1.82, 2.24) is 18.8 Å². The first-order chi connectivity index (χ1) is 11.4. The molecule has 8 heteroatoms. The Kier molecular flexibility index (Phi) is 4.42. The number of rotatable bonds is 6. The summed E-state index contributed by atoms with van der Waals surface area (Å²) in [6.07, 6.45) is 4.22. The first-order valence-corrected chi connectivity index (χ1v) is 9.11. The highest BCUT2D eigenvalue weighted by atomic mass is 32.2. The first-order valence-electron chi connectivity index (χ1n) is 7.67. The van der Waals surface area contributed by atoms with Crippen LogP contribution < -0.4 is 4.72 Å². The maximum atomic E-state index is 12.3. The maximum Gasteiger partial charge on any atom is 0.303 e. The Bertz CT molecular complexity index is 832. The summed E-state index contributed by atoms with van der Waals surface area (Å²) in [5.74, 6) is -0.716. The number of aromatic nitrogens is 2. The Hall–Kier alpha value is -2.19. The number of nitrogens with zero attached hydrogens (tertiary/aromatic N) is 3. The summed E-state index contributed by atoms with van der Waals surface area (Å²) in [4.78, 5) is 12.2. The minimum absolute atomic E-state index is 0.0494. The molecular weight excluding hydrogens is 328 g/mol. The van der Waals surface area contributed by atoms with E-state index in [9.17, 15) is 13.2 Å². The predicted molar refractivity (Wildman–Crippen MR) is 89.0 cm³/mol. The van der Waals surface area contributed by atoms with Crippen LogP contribution in [0.3, 0.4) is 0 Å². The van der Waals surface area contributed by atoms with Crippen molar-refractivity contribution in [3.63, 3.8) is 0 Å². The molecule has 1 aliphatic carbocycles. The van der Waals surface area contributed by atoms with E-state index in [0.29, 0.717) is 6.42 Å². The van der Waals surface area contributed by atoms with Crippen LogP contribution in [0.5, 0.6) is 0 Å². The van der Waals surface area contributed by atoms with Gasteiger partial charge in [0.1, 0.15) is 0 Å². The monoisotopic (exact) mass is 348 g/mol. The number of carbonyl (C=O) groups is 1. The molecule has 1 heterocycles. The third-order valence-electron chi connectivity index (χ3n) is 4.17. The Balaban J connectivity index is 1.59. The summed E-state index contributed by atoms with van der Waals surface area (Å²) < 4.78 is 29.6. The highest BCUT2D eigenvalue weighted by Crippen LogP contribution is 2.47. The number of carbonyl (C=O) groups excluding carboxylic acids is 1. The van der Waals surface area contributed by atoms with Gasteiger partial charge in [0.25, 0.3) is 0 Å². The van der Waals surface area contributed by atoms with E-state index in [-0.39, 0.29) is 18.4 Å². The van der Waals surface area contributed by atoms with Crippen LogP contribution in [-0.2, 0) is 28.6 Å². The van der Waals surface area contributed by atoms with Crippen LogP contribution in [0.1, 0.15) is 23.5 Å². The molecule has 0 bridgehead atoms. The Morgan fingerprint density at radius 2 is 2.08 bits per heavy atom. The highest BCUT2D eigenvalue weighted by Gasteiger charge is 2.46. The molecule has 0 aliphatic heterocycles. The molecule has 1 aromatic heterocycles. The third-order valence-corrected chi connectivity index (χ3v) is 5.58. The van der Waals surface area contributed by atoms with Crippen molar-refractivity contribution in [2.75, 3.05) is 7.05 Å². The lowest BCUT2D eigenvalue weighted by atomic mass is 10.2. The smallest absolute Gasteiger partial charge is 0.276 e.